The molecule has 1 amide bonds. The Balaban J connectivity index is 2.03. The molecular weight excluding hydrogens is 489 g/mol. The highest BCUT2D eigenvalue weighted by Crippen LogP contribution is 2.36. The van der Waals surface area contributed by atoms with E-state index < -0.39 is 21.9 Å². The van der Waals surface area contributed by atoms with Crippen molar-refractivity contribution in [3.05, 3.63) is 42.0 Å². The number of amides is 1. The number of hydrogen-bond donors (Lipinski definition) is 3. The average molecular weight is 520 g/mol. The quantitative estimate of drug-likeness (QED) is 0.390. The highest BCUT2D eigenvalue weighted by Gasteiger charge is 2.22. The highest BCUT2D eigenvalue weighted by atomic mass is 32.2. The van der Waals surface area contributed by atoms with Crippen LogP contribution in [0.25, 0.3) is 22.5 Å². The van der Waals surface area contributed by atoms with Crippen LogP contribution < -0.4 is 15.4 Å². The Morgan fingerprint density at radius 2 is 1.94 bits per heavy atom. The van der Waals surface area contributed by atoms with Gasteiger partial charge in [-0.2, -0.15) is 5.10 Å². The Morgan fingerprint density at radius 3 is 2.58 bits per heavy atom. The second kappa shape index (κ2) is 10.9. The summed E-state index contributed by atoms with van der Waals surface area (Å²) in [4.78, 5) is 20.2. The van der Waals surface area contributed by atoms with E-state index >= 15 is 4.39 Å². The third-order valence-corrected chi connectivity index (χ3v) is 5.67. The molecule has 1 atom stereocenters. The molecule has 0 aliphatic heterocycles. The van der Waals surface area contributed by atoms with Gasteiger partial charge in [0.15, 0.2) is 5.82 Å². The maximum Gasteiger partial charge on any atom is 0.407 e. The van der Waals surface area contributed by atoms with Crippen molar-refractivity contribution in [2.45, 2.75) is 39.8 Å². The first-order valence-corrected chi connectivity index (χ1v) is 13.1. The van der Waals surface area contributed by atoms with Crippen LogP contribution in [0.4, 0.5) is 20.8 Å². The Hall–Kier alpha value is -3.74. The van der Waals surface area contributed by atoms with Crippen LogP contribution in [0.5, 0.6) is 0 Å². The van der Waals surface area contributed by atoms with Gasteiger partial charge in [0.2, 0.25) is 16.0 Å². The van der Waals surface area contributed by atoms with Crippen LogP contribution in [0.3, 0.4) is 0 Å². The summed E-state index contributed by atoms with van der Waals surface area (Å²) in [6, 6.07) is 4.43. The topological polar surface area (TPSA) is 140 Å². The molecule has 11 nitrogen and oxygen atoms in total. The van der Waals surface area contributed by atoms with Crippen molar-refractivity contribution >= 4 is 27.8 Å². The normalized spacial score (nSPS) is 12.3. The predicted octanol–water partition coefficient (Wildman–Crippen LogP) is 3.56. The lowest BCUT2D eigenvalue weighted by Gasteiger charge is -2.14. The predicted molar refractivity (Wildman–Crippen MR) is 136 cm³/mol. The number of rotatable bonds is 9. The van der Waals surface area contributed by atoms with Crippen molar-refractivity contribution in [3.63, 3.8) is 0 Å². The maximum absolute atomic E-state index is 15.5. The zero-order chi connectivity index (χ0) is 26.6. The van der Waals surface area contributed by atoms with Gasteiger partial charge < -0.3 is 15.4 Å². The number of halogens is 1. The van der Waals surface area contributed by atoms with Gasteiger partial charge in [0.1, 0.15) is 5.69 Å². The number of anilines is 2. The van der Waals surface area contributed by atoms with Crippen LogP contribution in [0.2, 0.25) is 0 Å². The Labute approximate surface area is 209 Å². The molecule has 3 N–H and O–H groups in total. The summed E-state index contributed by atoms with van der Waals surface area (Å²) in [7, 11) is -2.41. The average Bonchev–Trinajstić information content (AvgIpc) is 3.25. The van der Waals surface area contributed by atoms with E-state index in [4.69, 9.17) is 0 Å². The summed E-state index contributed by atoms with van der Waals surface area (Å²) in [5.74, 6) is -0.435. The maximum atomic E-state index is 15.5. The minimum Gasteiger partial charge on any atom is -0.453 e. The van der Waals surface area contributed by atoms with Gasteiger partial charge >= 0.3 is 6.09 Å². The van der Waals surface area contributed by atoms with Crippen LogP contribution in [0, 0.1) is 12.7 Å². The molecular formula is C23H30FN7O4S. The van der Waals surface area contributed by atoms with E-state index in [1.807, 2.05) is 13.8 Å². The zero-order valence-corrected chi connectivity index (χ0v) is 21.8. The molecule has 1 unspecified atom stereocenters. The van der Waals surface area contributed by atoms with E-state index in [9.17, 15) is 13.2 Å². The van der Waals surface area contributed by atoms with Crippen LogP contribution in [-0.4, -0.2) is 60.2 Å². The number of benzene rings is 1. The second-order valence-electron chi connectivity index (χ2n) is 8.70. The lowest BCUT2D eigenvalue weighted by Crippen LogP contribution is -2.37. The van der Waals surface area contributed by atoms with Gasteiger partial charge in [0.25, 0.3) is 0 Å². The van der Waals surface area contributed by atoms with Crippen LogP contribution in [-0.2, 0) is 14.8 Å². The molecule has 194 valence electrons. The Morgan fingerprint density at radius 1 is 1.22 bits per heavy atom. The van der Waals surface area contributed by atoms with E-state index in [1.54, 1.807) is 43.1 Å². The first-order valence-electron chi connectivity index (χ1n) is 11.2. The number of nitrogens with one attached hydrogen (secondary N) is 3. The van der Waals surface area contributed by atoms with E-state index in [2.05, 4.69) is 35.2 Å². The van der Waals surface area contributed by atoms with Crippen molar-refractivity contribution in [2.75, 3.05) is 29.9 Å². The molecule has 0 radical (unpaired) electrons. The van der Waals surface area contributed by atoms with Gasteiger partial charge in [0.05, 0.1) is 24.7 Å². The summed E-state index contributed by atoms with van der Waals surface area (Å²) in [6.45, 7) is 7.75. The molecule has 0 aliphatic rings. The van der Waals surface area contributed by atoms with Gasteiger partial charge in [-0.3, -0.25) is 9.40 Å². The molecule has 2 aromatic heterocycles. The number of aromatic nitrogens is 4. The van der Waals surface area contributed by atoms with Gasteiger partial charge in [-0.1, -0.05) is 0 Å². The fourth-order valence-electron chi connectivity index (χ4n) is 3.41. The smallest absolute Gasteiger partial charge is 0.407 e. The van der Waals surface area contributed by atoms with Gasteiger partial charge in [-0.05, 0) is 51.5 Å². The monoisotopic (exact) mass is 519 g/mol. The van der Waals surface area contributed by atoms with Gasteiger partial charge in [-0.25, -0.2) is 27.6 Å². The first-order chi connectivity index (χ1) is 16.9. The molecule has 2 heterocycles. The van der Waals surface area contributed by atoms with E-state index in [0.29, 0.717) is 35.0 Å². The molecule has 1 aromatic carbocycles. The van der Waals surface area contributed by atoms with E-state index in [0.717, 1.165) is 6.26 Å². The summed E-state index contributed by atoms with van der Waals surface area (Å²) < 4.78 is 47.6. The molecule has 3 rings (SSSR count). The van der Waals surface area contributed by atoms with E-state index in [-0.39, 0.29) is 23.3 Å². The number of nitrogens with zero attached hydrogens (tertiary/aromatic N) is 4. The second-order valence-corrected chi connectivity index (χ2v) is 10.4. The zero-order valence-electron chi connectivity index (χ0n) is 21.0. The number of hydrogen-bond acceptors (Lipinski definition) is 8. The molecule has 0 saturated carbocycles. The highest BCUT2D eigenvalue weighted by molar-refractivity contribution is 7.92. The first kappa shape index (κ1) is 26.9. The molecule has 0 fully saturated rings. The summed E-state index contributed by atoms with van der Waals surface area (Å²) in [5, 5.41) is 10.3. The van der Waals surface area contributed by atoms with Crippen molar-refractivity contribution < 1.29 is 22.3 Å². The molecule has 36 heavy (non-hydrogen) atoms. The number of sulfonamides is 1. The molecule has 0 spiro atoms. The van der Waals surface area contributed by atoms with Gasteiger partial charge in [0, 0.05) is 42.1 Å². The van der Waals surface area contributed by atoms with Crippen LogP contribution in [0.1, 0.15) is 32.4 Å². The molecule has 0 aliphatic carbocycles. The minimum atomic E-state index is -3.69. The molecule has 13 heteroatoms. The summed E-state index contributed by atoms with van der Waals surface area (Å²) in [6.07, 6.45) is 3.74. The number of aryl methyl sites for hydroxylation is 1. The SMILES string of the molecule is COC(=O)NC(C)CNc1nccc(-c2cn(C(C)C)nc2-c2cc(C)cc(NS(C)(=O)=O)c2F)n1. The van der Waals surface area contributed by atoms with Crippen molar-refractivity contribution in [1.82, 2.24) is 25.1 Å². The van der Waals surface area contributed by atoms with Crippen LogP contribution >= 0.6 is 0 Å². The largest absolute Gasteiger partial charge is 0.453 e. The molecule has 3 aromatic rings. The number of ether oxygens (including phenoxy) is 1. The minimum absolute atomic E-state index is 0.0244. The summed E-state index contributed by atoms with van der Waals surface area (Å²) in [5.41, 5.74) is 1.98. The van der Waals surface area contributed by atoms with Crippen molar-refractivity contribution in [1.29, 1.82) is 0 Å². The number of carbonyl (C=O) groups excluding carboxylic acids is 1. The lowest BCUT2D eigenvalue weighted by molar-refractivity contribution is 0.168. The Kier molecular flexibility index (Phi) is 8.13. The number of methoxy groups -OCH3 is 1. The molecule has 0 bridgehead atoms. The molecule has 0 saturated heterocycles. The summed E-state index contributed by atoms with van der Waals surface area (Å²) >= 11 is 0. The van der Waals surface area contributed by atoms with Crippen LogP contribution in [0.15, 0.2) is 30.6 Å². The van der Waals surface area contributed by atoms with Crippen molar-refractivity contribution in [2.24, 2.45) is 0 Å². The standard InChI is InChI=1S/C23H30FN7O4S/c1-13(2)31-12-17(18-7-8-25-22(28-18)26-11-15(4)27-23(32)35-5)21(29-31)16-9-14(3)10-19(20(16)24)30-36(6,33)34/h7-10,12-13,15,30H,11H2,1-6H3,(H,27,32)(H,25,26,28). The fraction of sp³-hybridized carbons (Fsp3) is 0.391. The van der Waals surface area contributed by atoms with Gasteiger partial charge in [-0.15, -0.1) is 0 Å². The Bertz CT molecular complexity index is 1360. The lowest BCUT2D eigenvalue weighted by atomic mass is 10.0. The fourth-order valence-corrected chi connectivity index (χ4v) is 3.96. The third kappa shape index (κ3) is 6.68. The number of carbonyl (C=O) groups is 1. The third-order valence-electron chi connectivity index (χ3n) is 5.08. The van der Waals surface area contributed by atoms with Crippen molar-refractivity contribution in [3.8, 4) is 22.5 Å². The number of alkyl carbamates (subject to hydrolysis) is 1. The van der Waals surface area contributed by atoms with E-state index in [1.165, 1.54) is 13.2 Å².